The van der Waals surface area contributed by atoms with Crippen molar-refractivity contribution >= 4 is 11.6 Å². The predicted molar refractivity (Wildman–Crippen MR) is 83.9 cm³/mol. The Hall–Kier alpha value is -2.77. The molecule has 1 aromatic heterocycles. The lowest BCUT2D eigenvalue weighted by molar-refractivity contribution is -0.385. The third-order valence-electron chi connectivity index (χ3n) is 4.31. The Morgan fingerprint density at radius 3 is 2.67 bits per heavy atom. The molecule has 1 N–H and O–H groups in total. The summed E-state index contributed by atoms with van der Waals surface area (Å²) < 4.78 is 14.2. The predicted octanol–water partition coefficient (Wildman–Crippen LogP) is 2.34. The van der Waals surface area contributed by atoms with Gasteiger partial charge in [-0.25, -0.2) is 4.39 Å². The zero-order valence-corrected chi connectivity index (χ0v) is 13.3. The van der Waals surface area contributed by atoms with Crippen LogP contribution in [0, 0.1) is 15.9 Å². The van der Waals surface area contributed by atoms with Crippen LogP contribution in [-0.4, -0.2) is 26.7 Å². The summed E-state index contributed by atoms with van der Waals surface area (Å²) in [5.41, 5.74) is -0.231. The van der Waals surface area contributed by atoms with Crippen molar-refractivity contribution in [3.8, 4) is 0 Å². The second kappa shape index (κ2) is 5.70. The summed E-state index contributed by atoms with van der Waals surface area (Å²) in [5, 5.41) is 17.6. The van der Waals surface area contributed by atoms with Gasteiger partial charge in [0.15, 0.2) is 0 Å². The number of rotatable bonds is 5. The lowest BCUT2D eigenvalue weighted by atomic mass is 10.0. The lowest BCUT2D eigenvalue weighted by Gasteiger charge is -2.24. The van der Waals surface area contributed by atoms with E-state index < -0.39 is 10.5 Å². The number of hydrogen-bond acceptors (Lipinski definition) is 4. The van der Waals surface area contributed by atoms with E-state index in [4.69, 9.17) is 0 Å². The molecular formula is C16H17FN4O3. The summed E-state index contributed by atoms with van der Waals surface area (Å²) in [4.78, 5) is 22.7. The number of carbonyl (C=O) groups is 1. The van der Waals surface area contributed by atoms with Gasteiger partial charge in [0, 0.05) is 12.0 Å². The Kier molecular flexibility index (Phi) is 3.82. The molecule has 0 unspecified atom stereocenters. The fourth-order valence-corrected chi connectivity index (χ4v) is 2.60. The third-order valence-corrected chi connectivity index (χ3v) is 4.31. The maximum absolute atomic E-state index is 13.0. The van der Waals surface area contributed by atoms with Crippen molar-refractivity contribution in [3.05, 3.63) is 58.2 Å². The molecule has 0 spiro atoms. The number of hydrogen-bond donors (Lipinski definition) is 1. The smallest absolute Gasteiger partial charge is 0.307 e. The fourth-order valence-electron chi connectivity index (χ4n) is 2.60. The molecule has 0 aliphatic heterocycles. The summed E-state index contributed by atoms with van der Waals surface area (Å²) >= 11 is 0. The first-order chi connectivity index (χ1) is 11.3. The molecule has 1 fully saturated rings. The number of aromatic nitrogens is 2. The van der Waals surface area contributed by atoms with Crippen LogP contribution in [0.2, 0.25) is 0 Å². The van der Waals surface area contributed by atoms with E-state index in [1.54, 1.807) is 26.0 Å². The van der Waals surface area contributed by atoms with Crippen LogP contribution in [0.5, 0.6) is 0 Å². The van der Waals surface area contributed by atoms with E-state index in [1.807, 2.05) is 0 Å². The van der Waals surface area contributed by atoms with Gasteiger partial charge in [-0.15, -0.1) is 0 Å². The van der Waals surface area contributed by atoms with Gasteiger partial charge in [0.25, 0.3) is 0 Å². The van der Waals surface area contributed by atoms with Crippen LogP contribution in [0.15, 0.2) is 36.7 Å². The van der Waals surface area contributed by atoms with Crippen molar-refractivity contribution in [2.24, 2.45) is 0 Å². The number of amides is 1. The van der Waals surface area contributed by atoms with E-state index in [-0.39, 0.29) is 29.4 Å². The molecule has 1 aromatic carbocycles. The zero-order chi connectivity index (χ0) is 17.5. The maximum atomic E-state index is 13.0. The summed E-state index contributed by atoms with van der Waals surface area (Å²) in [6.45, 7) is 3.29. The van der Waals surface area contributed by atoms with Crippen LogP contribution in [0.3, 0.4) is 0 Å². The standard InChI is InChI=1S/C16H17FN4O3/c1-16(2,20-9-12(8-18-20)21(23)24)15(22)19-14-7-13(14)10-3-5-11(17)6-4-10/h3-6,8-9,13-14H,7H2,1-2H3,(H,19,22)/t13-,14+/m1/s1. The van der Waals surface area contributed by atoms with Gasteiger partial charge >= 0.3 is 5.69 Å². The van der Waals surface area contributed by atoms with Crippen molar-refractivity contribution in [1.29, 1.82) is 0 Å². The molecule has 2 atom stereocenters. The van der Waals surface area contributed by atoms with Crippen molar-refractivity contribution in [2.75, 3.05) is 0 Å². The second-order valence-corrected chi connectivity index (χ2v) is 6.43. The normalized spacial score (nSPS) is 19.8. The molecule has 0 radical (unpaired) electrons. The van der Waals surface area contributed by atoms with E-state index in [2.05, 4.69) is 10.4 Å². The first-order valence-corrected chi connectivity index (χ1v) is 7.55. The molecule has 126 valence electrons. The van der Waals surface area contributed by atoms with Crippen LogP contribution >= 0.6 is 0 Å². The average Bonchev–Trinajstić information content (AvgIpc) is 3.10. The molecule has 1 aliphatic rings. The minimum absolute atomic E-state index is 0.0206. The highest BCUT2D eigenvalue weighted by Gasteiger charge is 2.42. The van der Waals surface area contributed by atoms with Gasteiger partial charge < -0.3 is 5.32 Å². The Balaban J connectivity index is 1.66. The largest absolute Gasteiger partial charge is 0.351 e. The van der Waals surface area contributed by atoms with Gasteiger partial charge in [0.2, 0.25) is 5.91 Å². The molecule has 0 bridgehead atoms. The lowest BCUT2D eigenvalue weighted by Crippen LogP contribution is -2.45. The summed E-state index contributed by atoms with van der Waals surface area (Å²) in [7, 11) is 0. The van der Waals surface area contributed by atoms with Crippen molar-refractivity contribution < 1.29 is 14.1 Å². The minimum atomic E-state index is -1.05. The SMILES string of the molecule is CC(C)(C(=O)N[C@H]1C[C@@H]1c1ccc(F)cc1)n1cc([N+](=O)[O-])cn1. The molecule has 3 rings (SSSR count). The van der Waals surface area contributed by atoms with Gasteiger partial charge in [0.1, 0.15) is 23.7 Å². The summed E-state index contributed by atoms with van der Waals surface area (Å²) in [5.74, 6) is -0.395. The van der Waals surface area contributed by atoms with Crippen LogP contribution < -0.4 is 5.32 Å². The van der Waals surface area contributed by atoms with E-state index in [1.165, 1.54) is 23.0 Å². The third kappa shape index (κ3) is 2.99. The Morgan fingerprint density at radius 2 is 2.08 bits per heavy atom. The first-order valence-electron chi connectivity index (χ1n) is 7.55. The molecular weight excluding hydrogens is 315 g/mol. The number of halogens is 1. The van der Waals surface area contributed by atoms with E-state index >= 15 is 0 Å². The molecule has 0 saturated heterocycles. The quantitative estimate of drug-likeness (QED) is 0.672. The Labute approximate surface area is 137 Å². The number of nitrogens with zero attached hydrogens (tertiary/aromatic N) is 3. The van der Waals surface area contributed by atoms with Crippen LogP contribution in [0.4, 0.5) is 10.1 Å². The highest BCUT2D eigenvalue weighted by molar-refractivity contribution is 5.84. The Bertz CT molecular complexity index is 785. The number of carbonyl (C=O) groups excluding carboxylic acids is 1. The monoisotopic (exact) mass is 332 g/mol. The summed E-state index contributed by atoms with van der Waals surface area (Å²) in [6.07, 6.45) is 3.14. The number of nitro groups is 1. The molecule has 24 heavy (non-hydrogen) atoms. The molecule has 7 nitrogen and oxygen atoms in total. The maximum Gasteiger partial charge on any atom is 0.307 e. The highest BCUT2D eigenvalue weighted by Crippen LogP contribution is 2.41. The molecule has 1 heterocycles. The number of benzene rings is 1. The molecule has 8 heteroatoms. The Morgan fingerprint density at radius 1 is 1.42 bits per heavy atom. The second-order valence-electron chi connectivity index (χ2n) is 6.43. The first kappa shape index (κ1) is 16.1. The molecule has 1 aliphatic carbocycles. The zero-order valence-electron chi connectivity index (χ0n) is 13.3. The van der Waals surface area contributed by atoms with Crippen LogP contribution in [0.1, 0.15) is 31.7 Å². The molecule has 1 saturated carbocycles. The van der Waals surface area contributed by atoms with Gasteiger partial charge in [-0.05, 0) is 38.0 Å². The average molecular weight is 332 g/mol. The van der Waals surface area contributed by atoms with Crippen molar-refractivity contribution in [2.45, 2.75) is 37.8 Å². The van der Waals surface area contributed by atoms with E-state index in [0.717, 1.165) is 18.2 Å². The number of nitrogens with one attached hydrogen (secondary N) is 1. The van der Waals surface area contributed by atoms with Gasteiger partial charge in [0.05, 0.1) is 4.92 Å². The van der Waals surface area contributed by atoms with Gasteiger partial charge in [-0.2, -0.15) is 5.10 Å². The summed E-state index contributed by atoms with van der Waals surface area (Å²) in [6, 6.07) is 6.22. The van der Waals surface area contributed by atoms with Crippen molar-refractivity contribution in [1.82, 2.24) is 15.1 Å². The van der Waals surface area contributed by atoms with E-state index in [9.17, 15) is 19.3 Å². The van der Waals surface area contributed by atoms with E-state index in [0.29, 0.717) is 0 Å². The molecule has 2 aromatic rings. The highest BCUT2D eigenvalue weighted by atomic mass is 19.1. The molecule has 1 amide bonds. The van der Waals surface area contributed by atoms with Crippen molar-refractivity contribution in [3.63, 3.8) is 0 Å². The van der Waals surface area contributed by atoms with Gasteiger partial charge in [-0.3, -0.25) is 19.6 Å². The topological polar surface area (TPSA) is 90.1 Å². The fraction of sp³-hybridized carbons (Fsp3) is 0.375. The van der Waals surface area contributed by atoms with Crippen LogP contribution in [0.25, 0.3) is 0 Å². The van der Waals surface area contributed by atoms with Gasteiger partial charge in [-0.1, -0.05) is 12.1 Å². The minimum Gasteiger partial charge on any atom is -0.351 e. The van der Waals surface area contributed by atoms with Crippen LogP contribution in [-0.2, 0) is 10.3 Å².